The molecule has 1 N–H and O–H groups in total. The Morgan fingerprint density at radius 2 is 1.77 bits per heavy atom. The third kappa shape index (κ3) is 4.34. The summed E-state index contributed by atoms with van der Waals surface area (Å²) in [5.41, 5.74) is 5.06. The lowest BCUT2D eigenvalue weighted by molar-refractivity contribution is -0.149. The molecule has 2 aromatic rings. The molecule has 4 heteroatoms. The Morgan fingerprint density at radius 3 is 2.45 bits per heavy atom. The molecule has 1 heterocycles. The molecule has 1 aliphatic heterocycles. The van der Waals surface area contributed by atoms with E-state index in [0.717, 1.165) is 28.8 Å². The van der Waals surface area contributed by atoms with Crippen LogP contribution < -0.4 is 5.32 Å². The first-order valence-electron chi connectivity index (χ1n) is 10.7. The summed E-state index contributed by atoms with van der Waals surface area (Å²) in [6.45, 7) is 10.6. The summed E-state index contributed by atoms with van der Waals surface area (Å²) in [5, 5.41) is 3.31. The molecule has 0 radical (unpaired) electrons. The molecule has 0 amide bonds. The molecule has 1 aliphatic carbocycles. The first kappa shape index (κ1) is 21.1. The van der Waals surface area contributed by atoms with Crippen LogP contribution in [0.25, 0.3) is 0 Å². The van der Waals surface area contributed by atoms with Crippen LogP contribution in [0.3, 0.4) is 0 Å². The van der Waals surface area contributed by atoms with Crippen molar-refractivity contribution >= 4 is 11.8 Å². The van der Waals surface area contributed by atoms with Crippen molar-refractivity contribution in [3.63, 3.8) is 0 Å². The second kappa shape index (κ2) is 8.18. The minimum atomic E-state index is -0.657. The smallest absolute Gasteiger partial charge is 0.316 e. The highest BCUT2D eigenvalue weighted by molar-refractivity contribution is 6.00. The molecular weight excluding hydrogens is 386 g/mol. The van der Waals surface area contributed by atoms with Gasteiger partial charge in [-0.1, -0.05) is 80.6 Å². The van der Waals surface area contributed by atoms with Crippen molar-refractivity contribution in [2.24, 2.45) is 11.3 Å². The number of ketones is 1. The van der Waals surface area contributed by atoms with Gasteiger partial charge in [0.25, 0.3) is 0 Å². The van der Waals surface area contributed by atoms with Gasteiger partial charge in [-0.15, -0.1) is 0 Å². The Bertz CT molecular complexity index is 1050. The Balaban J connectivity index is 1.72. The minimum Gasteiger partial charge on any atom is -0.460 e. The molecule has 31 heavy (non-hydrogen) atoms. The highest BCUT2D eigenvalue weighted by atomic mass is 16.5. The lowest BCUT2D eigenvalue weighted by Gasteiger charge is -2.42. The van der Waals surface area contributed by atoms with Gasteiger partial charge in [-0.2, -0.15) is 0 Å². The standard InChI is InChI=1S/C27H29NO3/c1-17-10-12-20(13-11-17)24-23(26(30)31-16-19-8-6-5-7-9-19)18(2)28-21-14-27(3,4)15-22(29)25(21)24/h5-13,23-24,28H,2,14-16H2,1,3-4H3. The number of carbonyl (C=O) groups is 2. The van der Waals surface area contributed by atoms with Crippen LogP contribution in [0.1, 0.15) is 49.3 Å². The van der Waals surface area contributed by atoms with Crippen LogP contribution in [0.4, 0.5) is 0 Å². The molecule has 4 nitrogen and oxygen atoms in total. The Hall–Kier alpha value is -3.14. The van der Waals surface area contributed by atoms with Crippen molar-refractivity contribution in [2.75, 3.05) is 0 Å². The van der Waals surface area contributed by atoms with Crippen molar-refractivity contribution in [3.8, 4) is 0 Å². The van der Waals surface area contributed by atoms with Crippen LogP contribution in [0.5, 0.6) is 0 Å². The second-order valence-corrected chi connectivity index (χ2v) is 9.44. The summed E-state index contributed by atoms with van der Waals surface area (Å²) >= 11 is 0. The summed E-state index contributed by atoms with van der Waals surface area (Å²) in [6, 6.07) is 17.7. The zero-order chi connectivity index (χ0) is 22.2. The van der Waals surface area contributed by atoms with Crippen LogP contribution in [-0.4, -0.2) is 11.8 Å². The van der Waals surface area contributed by atoms with Gasteiger partial charge in [0.05, 0.1) is 0 Å². The number of benzene rings is 2. The summed E-state index contributed by atoms with van der Waals surface area (Å²) in [4.78, 5) is 26.6. The molecule has 0 bridgehead atoms. The maximum Gasteiger partial charge on any atom is 0.316 e. The number of ether oxygens (including phenoxy) is 1. The molecule has 2 unspecified atom stereocenters. The minimum absolute atomic E-state index is 0.0951. The SMILES string of the molecule is C=C1NC2=C(C(=O)CC(C)(C)C2)C(c2ccc(C)cc2)C1C(=O)OCc1ccccc1. The lowest BCUT2D eigenvalue weighted by Crippen LogP contribution is -2.43. The summed E-state index contributed by atoms with van der Waals surface area (Å²) in [7, 11) is 0. The van der Waals surface area contributed by atoms with Gasteiger partial charge in [-0.3, -0.25) is 9.59 Å². The largest absolute Gasteiger partial charge is 0.460 e. The van der Waals surface area contributed by atoms with E-state index in [0.29, 0.717) is 17.7 Å². The number of rotatable bonds is 4. The monoisotopic (exact) mass is 415 g/mol. The fourth-order valence-corrected chi connectivity index (χ4v) is 4.68. The summed E-state index contributed by atoms with van der Waals surface area (Å²) < 4.78 is 5.70. The molecule has 2 atom stereocenters. The van der Waals surface area contributed by atoms with Crippen molar-refractivity contribution < 1.29 is 14.3 Å². The Labute approximate surface area is 184 Å². The average molecular weight is 416 g/mol. The molecule has 0 aromatic heterocycles. The van der Waals surface area contributed by atoms with Crippen LogP contribution >= 0.6 is 0 Å². The van der Waals surface area contributed by atoms with Crippen LogP contribution in [-0.2, 0) is 20.9 Å². The van der Waals surface area contributed by atoms with E-state index in [1.807, 2.05) is 61.5 Å². The summed E-state index contributed by atoms with van der Waals surface area (Å²) in [6.07, 6.45) is 1.22. The maximum atomic E-state index is 13.3. The van der Waals surface area contributed by atoms with E-state index < -0.39 is 11.8 Å². The highest BCUT2D eigenvalue weighted by Crippen LogP contribution is 2.48. The zero-order valence-corrected chi connectivity index (χ0v) is 18.4. The van der Waals surface area contributed by atoms with Gasteiger partial charge < -0.3 is 10.1 Å². The third-order valence-corrected chi connectivity index (χ3v) is 6.17. The van der Waals surface area contributed by atoms with Gasteiger partial charge in [0.15, 0.2) is 5.78 Å². The first-order valence-corrected chi connectivity index (χ1v) is 10.7. The zero-order valence-electron chi connectivity index (χ0n) is 18.4. The van der Waals surface area contributed by atoms with Crippen LogP contribution in [0.15, 0.2) is 78.1 Å². The average Bonchev–Trinajstić information content (AvgIpc) is 2.71. The number of allylic oxidation sites excluding steroid dienone is 2. The van der Waals surface area contributed by atoms with Crippen LogP contribution in [0.2, 0.25) is 0 Å². The lowest BCUT2D eigenvalue weighted by atomic mass is 9.66. The van der Waals surface area contributed by atoms with E-state index in [9.17, 15) is 9.59 Å². The van der Waals surface area contributed by atoms with Gasteiger partial charge in [0, 0.05) is 29.3 Å². The number of nitrogens with one attached hydrogen (secondary N) is 1. The first-order chi connectivity index (χ1) is 14.7. The highest BCUT2D eigenvalue weighted by Gasteiger charge is 2.46. The number of hydrogen-bond donors (Lipinski definition) is 1. The molecule has 0 spiro atoms. The van der Waals surface area contributed by atoms with Crippen molar-refractivity contribution in [2.45, 2.75) is 46.1 Å². The number of Topliss-reactive ketones (excluding diaryl/α,β-unsaturated/α-hetero) is 1. The van der Waals surface area contributed by atoms with Crippen molar-refractivity contribution in [1.29, 1.82) is 0 Å². The predicted molar refractivity (Wildman–Crippen MR) is 121 cm³/mol. The molecular formula is C27H29NO3. The van der Waals surface area contributed by atoms with Gasteiger partial charge in [-0.25, -0.2) is 0 Å². The fraction of sp³-hybridized carbons (Fsp3) is 0.333. The number of esters is 1. The molecule has 0 saturated carbocycles. The number of hydrogen-bond acceptors (Lipinski definition) is 4. The quantitative estimate of drug-likeness (QED) is 0.698. The van der Waals surface area contributed by atoms with Crippen molar-refractivity contribution in [3.05, 3.63) is 94.8 Å². The third-order valence-electron chi connectivity index (χ3n) is 6.17. The Morgan fingerprint density at radius 1 is 1.10 bits per heavy atom. The van der Waals surface area contributed by atoms with E-state index >= 15 is 0 Å². The van der Waals surface area contributed by atoms with E-state index in [-0.39, 0.29) is 23.8 Å². The normalized spacial score (nSPS) is 22.5. The topological polar surface area (TPSA) is 55.4 Å². The Kier molecular flexibility index (Phi) is 5.57. The molecule has 0 saturated heterocycles. The van der Waals surface area contributed by atoms with Gasteiger partial charge in [0.1, 0.15) is 12.5 Å². The van der Waals surface area contributed by atoms with E-state index in [2.05, 4.69) is 25.7 Å². The van der Waals surface area contributed by atoms with E-state index in [4.69, 9.17) is 4.74 Å². The number of aryl methyl sites for hydroxylation is 1. The molecule has 4 rings (SSSR count). The van der Waals surface area contributed by atoms with Gasteiger partial charge in [0.2, 0.25) is 0 Å². The van der Waals surface area contributed by atoms with E-state index in [1.165, 1.54) is 0 Å². The molecule has 0 fully saturated rings. The van der Waals surface area contributed by atoms with Gasteiger partial charge in [-0.05, 0) is 29.9 Å². The second-order valence-electron chi connectivity index (χ2n) is 9.44. The number of carbonyl (C=O) groups excluding carboxylic acids is 2. The maximum absolute atomic E-state index is 13.3. The predicted octanol–water partition coefficient (Wildman–Crippen LogP) is 5.20. The van der Waals surface area contributed by atoms with Crippen LogP contribution in [0, 0.1) is 18.3 Å². The molecule has 160 valence electrons. The van der Waals surface area contributed by atoms with E-state index in [1.54, 1.807) is 0 Å². The van der Waals surface area contributed by atoms with Crippen molar-refractivity contribution in [1.82, 2.24) is 5.32 Å². The molecule has 2 aliphatic rings. The fourth-order valence-electron chi connectivity index (χ4n) is 4.68. The van der Waals surface area contributed by atoms with Gasteiger partial charge >= 0.3 is 5.97 Å². The molecule has 2 aromatic carbocycles. The summed E-state index contributed by atoms with van der Waals surface area (Å²) in [5.74, 6) is -1.32.